The maximum Gasteiger partial charge on any atom is 0.315 e. The molecule has 0 bridgehead atoms. The van der Waals surface area contributed by atoms with Crippen molar-refractivity contribution < 1.29 is 18.4 Å². The second kappa shape index (κ2) is 10.6. The van der Waals surface area contributed by atoms with E-state index in [1.165, 1.54) is 18.6 Å². The fourth-order valence-electron chi connectivity index (χ4n) is 3.40. The minimum atomic E-state index is -0.455. The molecule has 7 nitrogen and oxygen atoms in total. The number of rotatable bonds is 8. The van der Waals surface area contributed by atoms with Crippen molar-refractivity contribution in [2.45, 2.75) is 31.8 Å². The van der Waals surface area contributed by atoms with Crippen LogP contribution in [-0.4, -0.2) is 43.0 Å². The standard InChI is InChI=1S/C21H27FN4O3/c22-17-8-6-16(7-9-17)13-24-21(28)25-15-20(27)23-14-18(19-5-4-12-29-19)26-10-2-1-3-11-26/h4-9,12,18H,1-3,10-11,13-15H2,(H,23,27)(H2,24,25,28). The molecular weight excluding hydrogens is 375 g/mol. The zero-order valence-corrected chi connectivity index (χ0v) is 16.3. The molecule has 0 aliphatic carbocycles. The van der Waals surface area contributed by atoms with Crippen LogP contribution in [0.4, 0.5) is 9.18 Å². The molecule has 1 aromatic heterocycles. The Balaban J connectivity index is 1.40. The van der Waals surface area contributed by atoms with E-state index in [0.29, 0.717) is 6.54 Å². The molecule has 3 rings (SSSR count). The Morgan fingerprint density at radius 2 is 1.79 bits per heavy atom. The van der Waals surface area contributed by atoms with E-state index in [1.54, 1.807) is 18.4 Å². The van der Waals surface area contributed by atoms with Gasteiger partial charge in [-0.2, -0.15) is 0 Å². The summed E-state index contributed by atoms with van der Waals surface area (Å²) in [7, 11) is 0. The zero-order chi connectivity index (χ0) is 20.5. The lowest BCUT2D eigenvalue weighted by Crippen LogP contribution is -2.45. The molecule has 2 heterocycles. The second-order valence-electron chi connectivity index (χ2n) is 7.09. The molecule has 1 aliphatic heterocycles. The molecule has 0 spiro atoms. The maximum atomic E-state index is 12.9. The lowest BCUT2D eigenvalue weighted by atomic mass is 10.1. The Morgan fingerprint density at radius 1 is 1.03 bits per heavy atom. The summed E-state index contributed by atoms with van der Waals surface area (Å²) in [6.45, 7) is 2.51. The van der Waals surface area contributed by atoms with Gasteiger partial charge in [-0.3, -0.25) is 9.69 Å². The second-order valence-corrected chi connectivity index (χ2v) is 7.09. The van der Waals surface area contributed by atoms with Crippen LogP contribution in [0, 0.1) is 5.82 Å². The molecule has 0 saturated carbocycles. The van der Waals surface area contributed by atoms with Gasteiger partial charge in [0, 0.05) is 13.1 Å². The van der Waals surface area contributed by atoms with Crippen LogP contribution in [0.15, 0.2) is 47.1 Å². The third-order valence-corrected chi connectivity index (χ3v) is 4.97. The van der Waals surface area contributed by atoms with Crippen LogP contribution in [0.25, 0.3) is 0 Å². The van der Waals surface area contributed by atoms with Gasteiger partial charge in [0.25, 0.3) is 0 Å². The predicted octanol–water partition coefficient (Wildman–Crippen LogP) is 2.56. The van der Waals surface area contributed by atoms with Crippen molar-refractivity contribution in [3.63, 3.8) is 0 Å². The van der Waals surface area contributed by atoms with Crippen molar-refractivity contribution in [3.8, 4) is 0 Å². The molecule has 2 aromatic rings. The average molecular weight is 402 g/mol. The van der Waals surface area contributed by atoms with Crippen LogP contribution >= 0.6 is 0 Å². The molecule has 1 aromatic carbocycles. The summed E-state index contributed by atoms with van der Waals surface area (Å²) >= 11 is 0. The van der Waals surface area contributed by atoms with Crippen LogP contribution in [0.3, 0.4) is 0 Å². The summed E-state index contributed by atoms with van der Waals surface area (Å²) in [6.07, 6.45) is 5.15. The number of halogens is 1. The molecule has 1 atom stereocenters. The summed E-state index contributed by atoms with van der Waals surface area (Å²) in [4.78, 5) is 26.4. The third kappa shape index (κ3) is 6.60. The van der Waals surface area contributed by atoms with E-state index in [9.17, 15) is 14.0 Å². The smallest absolute Gasteiger partial charge is 0.315 e. The van der Waals surface area contributed by atoms with Crippen LogP contribution in [0.5, 0.6) is 0 Å². The predicted molar refractivity (Wildman–Crippen MR) is 107 cm³/mol. The van der Waals surface area contributed by atoms with Gasteiger partial charge in [0.15, 0.2) is 0 Å². The monoisotopic (exact) mass is 402 g/mol. The number of hydrogen-bond acceptors (Lipinski definition) is 4. The topological polar surface area (TPSA) is 86.6 Å². The number of carbonyl (C=O) groups excluding carboxylic acids is 2. The molecule has 1 aliphatic rings. The largest absolute Gasteiger partial charge is 0.468 e. The number of hydrogen-bond donors (Lipinski definition) is 3. The van der Waals surface area contributed by atoms with Crippen molar-refractivity contribution in [3.05, 3.63) is 59.8 Å². The Labute approximate surface area is 169 Å². The number of likely N-dealkylation sites (tertiary alicyclic amines) is 1. The molecule has 1 saturated heterocycles. The lowest BCUT2D eigenvalue weighted by molar-refractivity contribution is -0.120. The highest BCUT2D eigenvalue weighted by Gasteiger charge is 2.24. The molecular formula is C21H27FN4O3. The van der Waals surface area contributed by atoms with E-state index in [1.807, 2.05) is 12.1 Å². The fourth-order valence-corrected chi connectivity index (χ4v) is 3.40. The number of nitrogens with one attached hydrogen (secondary N) is 3. The summed E-state index contributed by atoms with van der Waals surface area (Å²) in [6, 6.07) is 9.16. The zero-order valence-electron chi connectivity index (χ0n) is 16.3. The minimum absolute atomic E-state index is 0.0125. The Morgan fingerprint density at radius 3 is 2.48 bits per heavy atom. The van der Waals surface area contributed by atoms with Crippen molar-refractivity contribution in [1.29, 1.82) is 0 Å². The highest BCUT2D eigenvalue weighted by atomic mass is 19.1. The third-order valence-electron chi connectivity index (χ3n) is 4.97. The van der Waals surface area contributed by atoms with Gasteiger partial charge in [-0.05, 0) is 55.8 Å². The highest BCUT2D eigenvalue weighted by Crippen LogP contribution is 2.24. The fraction of sp³-hybridized carbons (Fsp3) is 0.429. The van der Waals surface area contributed by atoms with E-state index in [2.05, 4.69) is 20.9 Å². The summed E-state index contributed by atoms with van der Waals surface area (Å²) < 4.78 is 18.4. The van der Waals surface area contributed by atoms with Crippen molar-refractivity contribution in [1.82, 2.24) is 20.9 Å². The summed E-state index contributed by atoms with van der Waals surface area (Å²) in [5.74, 6) is 0.236. The van der Waals surface area contributed by atoms with Crippen LogP contribution in [0.2, 0.25) is 0 Å². The van der Waals surface area contributed by atoms with Gasteiger partial charge in [-0.25, -0.2) is 9.18 Å². The number of urea groups is 1. The number of nitrogens with zero attached hydrogens (tertiary/aromatic N) is 1. The Kier molecular flexibility index (Phi) is 7.63. The molecule has 0 radical (unpaired) electrons. The highest BCUT2D eigenvalue weighted by molar-refractivity contribution is 5.83. The molecule has 3 amide bonds. The van der Waals surface area contributed by atoms with Gasteiger partial charge >= 0.3 is 6.03 Å². The normalized spacial score (nSPS) is 15.5. The van der Waals surface area contributed by atoms with E-state index in [4.69, 9.17) is 4.42 Å². The van der Waals surface area contributed by atoms with E-state index < -0.39 is 6.03 Å². The quantitative estimate of drug-likeness (QED) is 0.633. The van der Waals surface area contributed by atoms with Gasteiger partial charge in [0.1, 0.15) is 11.6 Å². The van der Waals surface area contributed by atoms with Crippen LogP contribution in [0.1, 0.15) is 36.6 Å². The number of carbonyl (C=O) groups is 2. The van der Waals surface area contributed by atoms with Gasteiger partial charge < -0.3 is 20.4 Å². The first-order chi connectivity index (χ1) is 14.1. The SMILES string of the molecule is O=C(CNC(=O)NCc1ccc(F)cc1)NCC(c1ccco1)N1CCCCC1. The minimum Gasteiger partial charge on any atom is -0.468 e. The maximum absolute atomic E-state index is 12.9. The van der Waals surface area contributed by atoms with Gasteiger partial charge in [-0.1, -0.05) is 18.6 Å². The lowest BCUT2D eigenvalue weighted by Gasteiger charge is -2.33. The average Bonchev–Trinajstić information content (AvgIpc) is 3.27. The first-order valence-electron chi connectivity index (χ1n) is 9.92. The number of piperidine rings is 1. The van der Waals surface area contributed by atoms with E-state index in [-0.39, 0.29) is 30.9 Å². The molecule has 156 valence electrons. The molecule has 1 unspecified atom stereocenters. The van der Waals surface area contributed by atoms with E-state index >= 15 is 0 Å². The first kappa shape index (κ1) is 20.9. The number of amides is 3. The van der Waals surface area contributed by atoms with Crippen molar-refractivity contribution >= 4 is 11.9 Å². The summed E-state index contributed by atoms with van der Waals surface area (Å²) in [5.41, 5.74) is 0.772. The number of furan rings is 1. The van der Waals surface area contributed by atoms with Crippen LogP contribution < -0.4 is 16.0 Å². The van der Waals surface area contributed by atoms with Crippen molar-refractivity contribution in [2.75, 3.05) is 26.2 Å². The number of benzene rings is 1. The van der Waals surface area contributed by atoms with Crippen LogP contribution in [-0.2, 0) is 11.3 Å². The van der Waals surface area contributed by atoms with Crippen molar-refractivity contribution in [2.24, 2.45) is 0 Å². The first-order valence-corrected chi connectivity index (χ1v) is 9.92. The van der Waals surface area contributed by atoms with E-state index in [0.717, 1.165) is 37.3 Å². The molecule has 29 heavy (non-hydrogen) atoms. The Bertz CT molecular complexity index is 774. The molecule has 3 N–H and O–H groups in total. The molecule has 1 fully saturated rings. The van der Waals surface area contributed by atoms with Gasteiger partial charge in [-0.15, -0.1) is 0 Å². The summed E-state index contributed by atoms with van der Waals surface area (Å²) in [5, 5.41) is 8.04. The van der Waals surface area contributed by atoms with Gasteiger partial charge in [0.2, 0.25) is 5.91 Å². The molecule has 8 heteroatoms. The van der Waals surface area contributed by atoms with Gasteiger partial charge in [0.05, 0.1) is 18.8 Å². The Hall–Kier alpha value is -2.87.